The van der Waals surface area contributed by atoms with E-state index in [1.54, 1.807) is 6.92 Å². The summed E-state index contributed by atoms with van der Waals surface area (Å²) in [5.41, 5.74) is 0. The number of carbonyl (C=O) groups excluding carboxylic acids is 1. The van der Waals surface area contributed by atoms with E-state index in [0.717, 1.165) is 12.8 Å². The molecular weight excluding hydrogens is 232 g/mol. The van der Waals surface area contributed by atoms with Gasteiger partial charge in [0.2, 0.25) is 0 Å². The molecule has 1 aliphatic rings. The highest BCUT2D eigenvalue weighted by atomic mass is 16.7. The molecule has 0 saturated heterocycles. The lowest BCUT2D eigenvalue weighted by Crippen LogP contribution is -2.36. The molecule has 1 rings (SSSR count). The zero-order chi connectivity index (χ0) is 13.7. The molecule has 1 N–H and O–H groups in total. The third kappa shape index (κ3) is 4.84. The van der Waals surface area contributed by atoms with Gasteiger partial charge in [0, 0.05) is 0 Å². The van der Waals surface area contributed by atoms with Crippen LogP contribution in [0.25, 0.3) is 0 Å². The van der Waals surface area contributed by atoms with Crippen molar-refractivity contribution in [2.24, 2.45) is 17.8 Å². The van der Waals surface area contributed by atoms with Gasteiger partial charge in [0.05, 0.1) is 6.10 Å². The topological polar surface area (TPSA) is 55.8 Å². The van der Waals surface area contributed by atoms with Crippen LogP contribution in [0, 0.1) is 17.8 Å². The Morgan fingerprint density at radius 2 is 2.00 bits per heavy atom. The summed E-state index contributed by atoms with van der Waals surface area (Å²) in [7, 11) is 0. The maximum atomic E-state index is 11.5. The van der Waals surface area contributed by atoms with Gasteiger partial charge in [0.25, 0.3) is 0 Å². The Hall–Kier alpha value is -0.770. The molecule has 0 radical (unpaired) electrons. The van der Waals surface area contributed by atoms with Crippen LogP contribution < -0.4 is 0 Å². The number of aliphatic hydroxyl groups is 1. The van der Waals surface area contributed by atoms with Gasteiger partial charge in [-0.1, -0.05) is 27.2 Å². The van der Waals surface area contributed by atoms with E-state index in [0.29, 0.717) is 17.8 Å². The van der Waals surface area contributed by atoms with Crippen LogP contribution in [0.1, 0.15) is 47.0 Å². The lowest BCUT2D eigenvalue weighted by atomic mass is 9.75. The first-order chi connectivity index (χ1) is 8.40. The summed E-state index contributed by atoms with van der Waals surface area (Å²) in [6.07, 6.45) is 1.87. The van der Waals surface area contributed by atoms with Crippen LogP contribution in [0.4, 0.5) is 4.79 Å². The first kappa shape index (κ1) is 15.3. The minimum Gasteiger partial charge on any atom is -0.432 e. The second kappa shape index (κ2) is 6.98. The third-order valence-corrected chi connectivity index (χ3v) is 3.65. The first-order valence-electron chi connectivity index (χ1n) is 6.91. The van der Waals surface area contributed by atoms with Gasteiger partial charge < -0.3 is 14.6 Å². The van der Waals surface area contributed by atoms with Gasteiger partial charge in [0.1, 0.15) is 12.7 Å². The van der Waals surface area contributed by atoms with Crippen molar-refractivity contribution in [3.05, 3.63) is 0 Å². The molecule has 1 saturated carbocycles. The molecule has 18 heavy (non-hydrogen) atoms. The molecule has 0 aliphatic heterocycles. The number of ether oxygens (including phenoxy) is 2. The van der Waals surface area contributed by atoms with Crippen molar-refractivity contribution in [1.82, 2.24) is 0 Å². The molecule has 4 nitrogen and oxygen atoms in total. The summed E-state index contributed by atoms with van der Waals surface area (Å²) in [6.45, 7) is 8.09. The van der Waals surface area contributed by atoms with Crippen molar-refractivity contribution >= 4 is 6.16 Å². The lowest BCUT2D eigenvalue weighted by Gasteiger charge is -2.36. The molecule has 0 spiro atoms. The van der Waals surface area contributed by atoms with Crippen LogP contribution in [0.15, 0.2) is 0 Å². The predicted molar refractivity (Wildman–Crippen MR) is 69.2 cm³/mol. The molecule has 0 heterocycles. The maximum Gasteiger partial charge on any atom is 0.508 e. The van der Waals surface area contributed by atoms with E-state index >= 15 is 0 Å². The fourth-order valence-corrected chi connectivity index (χ4v) is 2.60. The minimum absolute atomic E-state index is 0.00650. The highest BCUT2D eigenvalue weighted by Gasteiger charge is 2.33. The Morgan fingerprint density at radius 3 is 2.56 bits per heavy atom. The Bertz CT molecular complexity index is 263. The van der Waals surface area contributed by atoms with Crippen LogP contribution in [0.5, 0.6) is 0 Å². The molecule has 106 valence electrons. The van der Waals surface area contributed by atoms with Gasteiger partial charge in [-0.15, -0.1) is 0 Å². The average Bonchev–Trinajstić information content (AvgIpc) is 2.26. The third-order valence-electron chi connectivity index (χ3n) is 3.65. The fourth-order valence-electron chi connectivity index (χ4n) is 2.60. The van der Waals surface area contributed by atoms with Crippen molar-refractivity contribution < 1.29 is 19.4 Å². The Labute approximate surface area is 110 Å². The zero-order valence-electron chi connectivity index (χ0n) is 11.9. The van der Waals surface area contributed by atoms with E-state index in [2.05, 4.69) is 20.8 Å². The van der Waals surface area contributed by atoms with Gasteiger partial charge in [-0.05, 0) is 37.5 Å². The SMILES string of the molecule is CC(O)COC(=O)O[C@@H]1C[C@H](C)CC[C@H]1C(C)C. The minimum atomic E-state index is -0.652. The van der Waals surface area contributed by atoms with E-state index in [9.17, 15) is 4.79 Å². The van der Waals surface area contributed by atoms with Crippen LogP contribution in [0.3, 0.4) is 0 Å². The molecule has 0 amide bonds. The molecule has 0 aromatic rings. The van der Waals surface area contributed by atoms with Crippen LogP contribution in [0.2, 0.25) is 0 Å². The van der Waals surface area contributed by atoms with Crippen LogP contribution in [-0.4, -0.2) is 30.1 Å². The van der Waals surface area contributed by atoms with Gasteiger partial charge in [-0.2, -0.15) is 0 Å². The molecule has 0 aromatic heterocycles. The first-order valence-corrected chi connectivity index (χ1v) is 6.91. The summed E-state index contributed by atoms with van der Waals surface area (Å²) >= 11 is 0. The lowest BCUT2D eigenvalue weighted by molar-refractivity contribution is -0.0412. The normalized spacial score (nSPS) is 30.0. The van der Waals surface area contributed by atoms with E-state index in [4.69, 9.17) is 14.6 Å². The second-order valence-electron chi connectivity index (χ2n) is 5.89. The summed E-state index contributed by atoms with van der Waals surface area (Å²) in [5.74, 6) is 1.52. The number of carbonyl (C=O) groups is 1. The smallest absolute Gasteiger partial charge is 0.432 e. The molecule has 1 aliphatic carbocycles. The van der Waals surface area contributed by atoms with Gasteiger partial charge in [-0.3, -0.25) is 0 Å². The molecule has 4 heteroatoms. The van der Waals surface area contributed by atoms with Crippen molar-refractivity contribution in [2.75, 3.05) is 6.61 Å². The summed E-state index contributed by atoms with van der Waals surface area (Å²) in [5, 5.41) is 9.06. The molecule has 1 unspecified atom stereocenters. The second-order valence-corrected chi connectivity index (χ2v) is 5.89. The van der Waals surface area contributed by atoms with Crippen LogP contribution in [-0.2, 0) is 9.47 Å². The molecule has 0 bridgehead atoms. The molecule has 0 aromatic carbocycles. The van der Waals surface area contributed by atoms with Crippen molar-refractivity contribution in [3.63, 3.8) is 0 Å². The van der Waals surface area contributed by atoms with E-state index in [-0.39, 0.29) is 12.7 Å². The van der Waals surface area contributed by atoms with E-state index < -0.39 is 12.3 Å². The highest BCUT2D eigenvalue weighted by Crippen LogP contribution is 2.35. The Morgan fingerprint density at radius 1 is 1.33 bits per heavy atom. The maximum absolute atomic E-state index is 11.5. The molecular formula is C14H26O4. The standard InChI is InChI=1S/C14H26O4/c1-9(2)12-6-5-10(3)7-13(12)18-14(16)17-8-11(4)15/h9-13,15H,5-8H2,1-4H3/t10-,11?,12+,13-/m1/s1. The van der Waals surface area contributed by atoms with E-state index in [1.807, 2.05) is 0 Å². The molecule has 1 fully saturated rings. The Balaban J connectivity index is 2.47. The summed E-state index contributed by atoms with van der Waals surface area (Å²) < 4.78 is 10.3. The number of aliphatic hydroxyl groups excluding tert-OH is 1. The van der Waals surface area contributed by atoms with Gasteiger partial charge in [0.15, 0.2) is 0 Å². The number of rotatable bonds is 4. The largest absolute Gasteiger partial charge is 0.508 e. The number of hydrogen-bond donors (Lipinski definition) is 1. The fraction of sp³-hybridized carbons (Fsp3) is 0.929. The monoisotopic (exact) mass is 258 g/mol. The van der Waals surface area contributed by atoms with Gasteiger partial charge >= 0.3 is 6.16 Å². The van der Waals surface area contributed by atoms with Crippen molar-refractivity contribution in [2.45, 2.75) is 59.2 Å². The quantitative estimate of drug-likeness (QED) is 0.788. The number of hydrogen-bond acceptors (Lipinski definition) is 4. The Kier molecular flexibility index (Phi) is 5.93. The highest BCUT2D eigenvalue weighted by molar-refractivity contribution is 5.60. The summed E-state index contributed by atoms with van der Waals surface area (Å²) in [6, 6.07) is 0. The van der Waals surface area contributed by atoms with Crippen molar-refractivity contribution in [1.29, 1.82) is 0 Å². The van der Waals surface area contributed by atoms with Crippen LogP contribution >= 0.6 is 0 Å². The average molecular weight is 258 g/mol. The van der Waals surface area contributed by atoms with Gasteiger partial charge in [-0.25, -0.2) is 4.79 Å². The van der Waals surface area contributed by atoms with E-state index in [1.165, 1.54) is 6.42 Å². The predicted octanol–water partition coefficient (Wildman–Crippen LogP) is 2.98. The zero-order valence-corrected chi connectivity index (χ0v) is 11.9. The van der Waals surface area contributed by atoms with Crippen molar-refractivity contribution in [3.8, 4) is 0 Å². The molecule has 4 atom stereocenters. The summed E-state index contributed by atoms with van der Waals surface area (Å²) in [4.78, 5) is 11.5.